The van der Waals surface area contributed by atoms with Crippen molar-refractivity contribution in [2.75, 3.05) is 32.7 Å². The quantitative estimate of drug-likeness (QED) is 0.811. The van der Waals surface area contributed by atoms with Crippen molar-refractivity contribution in [3.63, 3.8) is 0 Å². The molecule has 6 nitrogen and oxygen atoms in total. The topological polar surface area (TPSA) is 50.1 Å². The second-order valence-corrected chi connectivity index (χ2v) is 6.66. The van der Waals surface area contributed by atoms with Crippen LogP contribution in [0.5, 0.6) is 0 Å². The molecule has 2 aromatic rings. The molecule has 0 atom stereocenters. The fourth-order valence-corrected chi connectivity index (χ4v) is 3.15. The maximum atomic E-state index is 4.21. The van der Waals surface area contributed by atoms with Crippen molar-refractivity contribution in [2.24, 2.45) is 0 Å². The van der Waals surface area contributed by atoms with Crippen LogP contribution in [0.2, 0.25) is 0 Å². The zero-order valence-electron chi connectivity index (χ0n) is 14.0. The molecule has 1 saturated heterocycles. The average molecular weight is 324 g/mol. The molecule has 6 heteroatoms. The molecule has 0 radical (unpaired) electrons. The zero-order valence-corrected chi connectivity index (χ0v) is 14.0. The summed E-state index contributed by atoms with van der Waals surface area (Å²) < 4.78 is 2.02. The largest absolute Gasteiger partial charge is 0.297 e. The van der Waals surface area contributed by atoms with Crippen molar-refractivity contribution in [1.29, 1.82) is 0 Å². The average Bonchev–Trinajstić information content (AvgIpc) is 3.37. The van der Waals surface area contributed by atoms with Crippen molar-refractivity contribution >= 4 is 6.08 Å². The van der Waals surface area contributed by atoms with Gasteiger partial charge in [0.2, 0.25) is 0 Å². The first-order valence-electron chi connectivity index (χ1n) is 8.81. The van der Waals surface area contributed by atoms with E-state index in [2.05, 4.69) is 67.8 Å². The Labute approximate surface area is 142 Å². The Morgan fingerprint density at radius 1 is 1.00 bits per heavy atom. The molecular formula is C18H24N6. The van der Waals surface area contributed by atoms with Gasteiger partial charge in [0.05, 0.1) is 12.6 Å². The van der Waals surface area contributed by atoms with Crippen LogP contribution in [0.25, 0.3) is 6.08 Å². The molecule has 0 spiro atoms. The lowest BCUT2D eigenvalue weighted by Crippen LogP contribution is -2.46. The fourth-order valence-electron chi connectivity index (χ4n) is 3.15. The lowest BCUT2D eigenvalue weighted by molar-refractivity contribution is 0.133. The number of tetrazole rings is 1. The van der Waals surface area contributed by atoms with Crippen LogP contribution in [0.1, 0.15) is 30.3 Å². The second-order valence-electron chi connectivity index (χ2n) is 6.66. The van der Waals surface area contributed by atoms with Gasteiger partial charge in [-0.15, -0.1) is 5.10 Å². The number of benzene rings is 1. The molecule has 1 aromatic carbocycles. The van der Waals surface area contributed by atoms with E-state index in [0.717, 1.165) is 45.1 Å². The second kappa shape index (κ2) is 7.23. The van der Waals surface area contributed by atoms with Gasteiger partial charge >= 0.3 is 0 Å². The van der Waals surface area contributed by atoms with Gasteiger partial charge in [0.15, 0.2) is 5.82 Å². The van der Waals surface area contributed by atoms with Gasteiger partial charge in [-0.3, -0.25) is 9.80 Å². The highest BCUT2D eigenvalue weighted by atomic mass is 15.6. The maximum Gasteiger partial charge on any atom is 0.165 e. The Bertz CT molecular complexity index is 668. The van der Waals surface area contributed by atoms with Crippen molar-refractivity contribution < 1.29 is 0 Å². The van der Waals surface area contributed by atoms with Crippen LogP contribution in [0.4, 0.5) is 0 Å². The minimum Gasteiger partial charge on any atom is -0.297 e. The van der Waals surface area contributed by atoms with Gasteiger partial charge in [-0.1, -0.05) is 42.5 Å². The van der Waals surface area contributed by atoms with Gasteiger partial charge < -0.3 is 0 Å². The first-order valence-corrected chi connectivity index (χ1v) is 8.81. The summed E-state index contributed by atoms with van der Waals surface area (Å²) in [5, 5.41) is 12.2. The van der Waals surface area contributed by atoms with Crippen LogP contribution in [0.3, 0.4) is 0 Å². The summed E-state index contributed by atoms with van der Waals surface area (Å²) in [6.45, 7) is 6.25. The van der Waals surface area contributed by atoms with E-state index in [1.807, 2.05) is 4.68 Å². The van der Waals surface area contributed by atoms with Crippen molar-refractivity contribution in [3.8, 4) is 0 Å². The Hall–Kier alpha value is -2.05. The normalized spacial score (nSPS) is 20.0. The van der Waals surface area contributed by atoms with E-state index < -0.39 is 0 Å². The van der Waals surface area contributed by atoms with Crippen molar-refractivity contribution in [3.05, 3.63) is 47.8 Å². The monoisotopic (exact) mass is 324 g/mol. The molecule has 24 heavy (non-hydrogen) atoms. The molecule has 0 amide bonds. The summed E-state index contributed by atoms with van der Waals surface area (Å²) in [5.74, 6) is 1.02. The molecule has 1 aliphatic heterocycles. The van der Waals surface area contributed by atoms with Crippen LogP contribution >= 0.6 is 0 Å². The Kier molecular flexibility index (Phi) is 4.66. The van der Waals surface area contributed by atoms with E-state index in [0.29, 0.717) is 6.04 Å². The number of rotatable bonds is 6. The number of hydrogen-bond acceptors (Lipinski definition) is 5. The first kappa shape index (κ1) is 15.5. The number of nitrogens with zero attached hydrogens (tertiary/aromatic N) is 6. The number of aromatic nitrogens is 4. The molecule has 0 bridgehead atoms. The highest BCUT2D eigenvalue weighted by molar-refractivity contribution is 5.48. The van der Waals surface area contributed by atoms with E-state index in [1.165, 1.54) is 18.4 Å². The molecule has 2 fully saturated rings. The molecule has 2 heterocycles. The van der Waals surface area contributed by atoms with E-state index in [1.54, 1.807) is 0 Å². The molecule has 1 aromatic heterocycles. The van der Waals surface area contributed by atoms with Crippen molar-refractivity contribution in [1.82, 2.24) is 30.0 Å². The smallest absolute Gasteiger partial charge is 0.165 e. The molecular weight excluding hydrogens is 300 g/mol. The summed E-state index contributed by atoms with van der Waals surface area (Å²) in [5.41, 5.74) is 1.27. The molecule has 2 aliphatic rings. The molecule has 0 N–H and O–H groups in total. The maximum absolute atomic E-state index is 4.21. The van der Waals surface area contributed by atoms with Gasteiger partial charge in [0.25, 0.3) is 0 Å². The van der Waals surface area contributed by atoms with Crippen LogP contribution in [-0.2, 0) is 6.54 Å². The van der Waals surface area contributed by atoms with Gasteiger partial charge in [-0.05, 0) is 28.8 Å². The predicted octanol–water partition coefficient (Wildman–Crippen LogP) is 1.84. The summed E-state index contributed by atoms with van der Waals surface area (Å²) in [6.07, 6.45) is 6.91. The highest BCUT2D eigenvalue weighted by Crippen LogP contribution is 2.34. The van der Waals surface area contributed by atoms with E-state index in [9.17, 15) is 0 Å². The van der Waals surface area contributed by atoms with E-state index >= 15 is 0 Å². The summed E-state index contributed by atoms with van der Waals surface area (Å²) in [6, 6.07) is 11.0. The lowest BCUT2D eigenvalue weighted by Gasteiger charge is -2.33. The summed E-state index contributed by atoms with van der Waals surface area (Å²) >= 11 is 0. The standard InChI is InChI=1S/C18H24N6/c1-2-5-16(6-3-1)7-4-10-22-11-13-23(14-12-22)15-18-19-20-21-24(18)17-8-9-17/h1-7,17H,8-15H2. The molecule has 0 unspecified atom stereocenters. The third-order valence-electron chi connectivity index (χ3n) is 4.76. The van der Waals surface area contributed by atoms with Crippen LogP contribution in [-0.4, -0.2) is 62.7 Å². The SMILES string of the molecule is C(=Cc1ccccc1)CN1CCN(Cc2nnnn2C2CC2)CC1. The molecule has 1 saturated carbocycles. The Balaban J connectivity index is 1.23. The molecule has 126 valence electrons. The Morgan fingerprint density at radius 2 is 1.75 bits per heavy atom. The first-order chi connectivity index (χ1) is 11.9. The van der Waals surface area contributed by atoms with E-state index in [-0.39, 0.29) is 0 Å². The fraction of sp³-hybridized carbons (Fsp3) is 0.500. The molecule has 4 rings (SSSR count). The molecule has 1 aliphatic carbocycles. The minimum absolute atomic E-state index is 0.555. The summed E-state index contributed by atoms with van der Waals surface area (Å²) in [7, 11) is 0. The number of hydrogen-bond donors (Lipinski definition) is 0. The predicted molar refractivity (Wildman–Crippen MR) is 93.3 cm³/mol. The van der Waals surface area contributed by atoms with Crippen LogP contribution < -0.4 is 0 Å². The van der Waals surface area contributed by atoms with Gasteiger partial charge in [0, 0.05) is 32.7 Å². The minimum atomic E-state index is 0.555. The lowest BCUT2D eigenvalue weighted by atomic mass is 10.2. The zero-order chi connectivity index (χ0) is 16.2. The number of piperazine rings is 1. The third kappa shape index (κ3) is 3.88. The highest BCUT2D eigenvalue weighted by Gasteiger charge is 2.28. The van der Waals surface area contributed by atoms with Gasteiger partial charge in [0.1, 0.15) is 0 Å². The van der Waals surface area contributed by atoms with Crippen molar-refractivity contribution in [2.45, 2.75) is 25.4 Å². The van der Waals surface area contributed by atoms with Gasteiger partial charge in [-0.2, -0.15) is 0 Å². The van der Waals surface area contributed by atoms with E-state index in [4.69, 9.17) is 0 Å². The van der Waals surface area contributed by atoms with Gasteiger partial charge in [-0.25, -0.2) is 4.68 Å². The van der Waals surface area contributed by atoms with Crippen LogP contribution in [0, 0.1) is 0 Å². The summed E-state index contributed by atoms with van der Waals surface area (Å²) in [4.78, 5) is 4.96. The Morgan fingerprint density at radius 3 is 2.50 bits per heavy atom. The third-order valence-corrected chi connectivity index (χ3v) is 4.76. The van der Waals surface area contributed by atoms with Crippen LogP contribution in [0.15, 0.2) is 36.4 Å².